The first-order valence-corrected chi connectivity index (χ1v) is 12.6. The van der Waals surface area contributed by atoms with Gasteiger partial charge in [0.2, 0.25) is 5.91 Å². The van der Waals surface area contributed by atoms with Gasteiger partial charge in [-0.3, -0.25) is 9.59 Å². The minimum atomic E-state index is -0.844. The van der Waals surface area contributed by atoms with E-state index in [0.29, 0.717) is 12.5 Å². The molecule has 2 unspecified atom stereocenters. The fourth-order valence-corrected chi connectivity index (χ4v) is 5.48. The van der Waals surface area contributed by atoms with Crippen molar-refractivity contribution in [1.29, 1.82) is 0 Å². The van der Waals surface area contributed by atoms with E-state index in [1.54, 1.807) is 0 Å². The van der Waals surface area contributed by atoms with Gasteiger partial charge in [0.15, 0.2) is 0 Å². The van der Waals surface area contributed by atoms with E-state index in [0.717, 1.165) is 54.4 Å². The highest BCUT2D eigenvalue weighted by atomic mass is 16.5. The summed E-state index contributed by atoms with van der Waals surface area (Å²) in [6.07, 6.45) is 4.27. The number of ether oxygens (including phenoxy) is 1. The van der Waals surface area contributed by atoms with Crippen molar-refractivity contribution in [3.05, 3.63) is 59.7 Å². The van der Waals surface area contributed by atoms with Gasteiger partial charge in [0, 0.05) is 12.5 Å². The van der Waals surface area contributed by atoms with Crippen molar-refractivity contribution in [2.24, 2.45) is 17.8 Å². The van der Waals surface area contributed by atoms with Crippen LogP contribution in [0.1, 0.15) is 55.6 Å². The van der Waals surface area contributed by atoms with Crippen LogP contribution < -0.4 is 10.6 Å². The molecule has 0 aliphatic heterocycles. The zero-order valence-electron chi connectivity index (χ0n) is 19.7. The highest BCUT2D eigenvalue weighted by Gasteiger charge is 2.37. The third-order valence-corrected chi connectivity index (χ3v) is 7.78. The smallest absolute Gasteiger partial charge is 0.407 e. The number of carbonyl (C=O) groups excluding carboxylic acids is 2. The van der Waals surface area contributed by atoms with Crippen molar-refractivity contribution in [2.75, 3.05) is 13.2 Å². The Morgan fingerprint density at radius 3 is 2.09 bits per heavy atom. The fraction of sp³-hybridized carbons (Fsp3) is 0.464. The number of nitrogens with one attached hydrogen (secondary N) is 2. The van der Waals surface area contributed by atoms with Crippen LogP contribution in [-0.4, -0.2) is 42.3 Å². The van der Waals surface area contributed by atoms with Gasteiger partial charge in [-0.25, -0.2) is 4.79 Å². The Bertz CT molecular complexity index is 1060. The molecule has 7 nitrogen and oxygen atoms in total. The molecule has 0 spiro atoms. The zero-order valence-corrected chi connectivity index (χ0v) is 19.7. The number of alkyl carbamates (subject to hydrolysis) is 1. The molecule has 2 amide bonds. The molecule has 0 radical (unpaired) electrons. The number of hydrogen-bond donors (Lipinski definition) is 3. The van der Waals surface area contributed by atoms with Crippen LogP contribution in [0.3, 0.4) is 0 Å². The molecule has 5 rings (SSSR count). The van der Waals surface area contributed by atoms with E-state index in [1.807, 2.05) is 24.3 Å². The summed E-state index contributed by atoms with van der Waals surface area (Å²) in [6.45, 7) is 0.520. The maximum absolute atomic E-state index is 13.0. The number of carboxylic acids is 1. The summed E-state index contributed by atoms with van der Waals surface area (Å²) in [5.74, 6) is -0.756. The molecule has 2 atom stereocenters. The maximum atomic E-state index is 13.0. The van der Waals surface area contributed by atoms with Crippen LogP contribution in [0, 0.1) is 17.8 Å². The van der Waals surface area contributed by atoms with E-state index in [4.69, 9.17) is 4.74 Å². The second kappa shape index (κ2) is 10.1. The summed E-state index contributed by atoms with van der Waals surface area (Å²) in [4.78, 5) is 37.0. The molecule has 2 aromatic rings. The summed E-state index contributed by atoms with van der Waals surface area (Å²) in [5.41, 5.74) is 4.60. The van der Waals surface area contributed by atoms with Crippen LogP contribution in [0.25, 0.3) is 11.1 Å². The molecule has 2 fully saturated rings. The Hall–Kier alpha value is -3.35. The third kappa shape index (κ3) is 5.19. The number of carboxylic acid groups (broad SMARTS) is 1. The summed E-state index contributed by atoms with van der Waals surface area (Å²) in [7, 11) is 0. The molecule has 7 heteroatoms. The summed E-state index contributed by atoms with van der Waals surface area (Å²) < 4.78 is 5.66. The molecular formula is C28H32N2O5. The van der Waals surface area contributed by atoms with E-state index in [1.165, 1.54) is 0 Å². The molecule has 3 aliphatic carbocycles. The standard InChI is InChI=1S/C28H32N2O5/c31-25(32)14-19(17-12-13-17)15-29-27(33)26(18-6-5-7-18)30-28(34)35-16-24-22-10-3-1-8-20(22)21-9-2-4-11-23(21)24/h1-4,8-11,17-19,24,26H,5-7,12-16H2,(H,29,33)(H,30,34)(H,31,32). The Morgan fingerprint density at radius 2 is 1.54 bits per heavy atom. The summed E-state index contributed by atoms with van der Waals surface area (Å²) in [6, 6.07) is 15.7. The number of rotatable bonds is 10. The second-order valence-corrected chi connectivity index (χ2v) is 10.1. The summed E-state index contributed by atoms with van der Waals surface area (Å²) in [5, 5.41) is 14.9. The van der Waals surface area contributed by atoms with E-state index in [2.05, 4.69) is 34.9 Å². The van der Waals surface area contributed by atoms with Gasteiger partial charge in [0.25, 0.3) is 0 Å². The van der Waals surface area contributed by atoms with E-state index < -0.39 is 18.1 Å². The molecule has 0 saturated heterocycles. The Kier molecular flexibility index (Phi) is 6.75. The first kappa shape index (κ1) is 23.4. The molecule has 0 bridgehead atoms. The normalized spacial score (nSPS) is 18.5. The van der Waals surface area contributed by atoms with Crippen LogP contribution >= 0.6 is 0 Å². The van der Waals surface area contributed by atoms with E-state index >= 15 is 0 Å². The monoisotopic (exact) mass is 476 g/mol. The number of aliphatic carboxylic acids is 1. The zero-order chi connectivity index (χ0) is 24.4. The van der Waals surface area contributed by atoms with Crippen molar-refractivity contribution in [1.82, 2.24) is 10.6 Å². The molecule has 2 saturated carbocycles. The van der Waals surface area contributed by atoms with Crippen molar-refractivity contribution < 1.29 is 24.2 Å². The topological polar surface area (TPSA) is 105 Å². The van der Waals surface area contributed by atoms with Crippen molar-refractivity contribution in [3.63, 3.8) is 0 Å². The lowest BCUT2D eigenvalue weighted by molar-refractivity contribution is -0.138. The first-order valence-electron chi connectivity index (χ1n) is 12.6. The molecule has 3 aliphatic rings. The number of hydrogen-bond acceptors (Lipinski definition) is 4. The molecule has 35 heavy (non-hydrogen) atoms. The molecule has 0 aromatic heterocycles. The minimum Gasteiger partial charge on any atom is -0.481 e. The molecule has 3 N–H and O–H groups in total. The lowest BCUT2D eigenvalue weighted by atomic mass is 9.79. The van der Waals surface area contributed by atoms with Gasteiger partial charge in [-0.15, -0.1) is 0 Å². The predicted octanol–water partition coefficient (Wildman–Crippen LogP) is 4.31. The van der Waals surface area contributed by atoms with Crippen LogP contribution in [-0.2, 0) is 14.3 Å². The van der Waals surface area contributed by atoms with Crippen molar-refractivity contribution in [2.45, 2.75) is 50.5 Å². The van der Waals surface area contributed by atoms with Gasteiger partial charge in [-0.05, 0) is 65.7 Å². The second-order valence-electron chi connectivity index (χ2n) is 10.1. The van der Waals surface area contributed by atoms with Crippen LogP contribution in [0.4, 0.5) is 4.79 Å². The lowest BCUT2D eigenvalue weighted by Gasteiger charge is -2.33. The summed E-state index contributed by atoms with van der Waals surface area (Å²) >= 11 is 0. The van der Waals surface area contributed by atoms with Gasteiger partial charge in [0.05, 0.1) is 6.42 Å². The number of fused-ring (bicyclic) bond motifs is 3. The highest BCUT2D eigenvalue weighted by molar-refractivity contribution is 5.86. The van der Waals surface area contributed by atoms with Crippen molar-refractivity contribution >= 4 is 18.0 Å². The van der Waals surface area contributed by atoms with E-state index in [9.17, 15) is 19.5 Å². The van der Waals surface area contributed by atoms with Gasteiger partial charge in [-0.2, -0.15) is 0 Å². The van der Waals surface area contributed by atoms with Gasteiger partial charge in [-0.1, -0.05) is 55.0 Å². The fourth-order valence-electron chi connectivity index (χ4n) is 5.48. The molecule has 2 aromatic carbocycles. The van der Waals surface area contributed by atoms with Gasteiger partial charge < -0.3 is 20.5 Å². The highest BCUT2D eigenvalue weighted by Crippen LogP contribution is 2.44. The quantitative estimate of drug-likeness (QED) is 0.474. The Labute approximate surface area is 205 Å². The first-order chi connectivity index (χ1) is 17.0. The predicted molar refractivity (Wildman–Crippen MR) is 131 cm³/mol. The average Bonchev–Trinajstić information content (AvgIpc) is 3.61. The Balaban J connectivity index is 1.20. The number of benzene rings is 2. The maximum Gasteiger partial charge on any atom is 0.407 e. The molecule has 184 valence electrons. The average molecular weight is 477 g/mol. The van der Waals surface area contributed by atoms with E-state index in [-0.39, 0.29) is 36.7 Å². The molecular weight excluding hydrogens is 444 g/mol. The third-order valence-electron chi connectivity index (χ3n) is 7.78. The van der Waals surface area contributed by atoms with Gasteiger partial charge in [0.1, 0.15) is 12.6 Å². The number of carbonyl (C=O) groups is 3. The lowest BCUT2D eigenvalue weighted by Crippen LogP contribution is -2.53. The van der Waals surface area contributed by atoms with Crippen molar-refractivity contribution in [3.8, 4) is 11.1 Å². The van der Waals surface area contributed by atoms with Gasteiger partial charge >= 0.3 is 12.1 Å². The minimum absolute atomic E-state index is 0.0422. The van der Waals surface area contributed by atoms with Crippen LogP contribution in [0.5, 0.6) is 0 Å². The Morgan fingerprint density at radius 1 is 0.914 bits per heavy atom. The van der Waals surface area contributed by atoms with Crippen LogP contribution in [0.2, 0.25) is 0 Å². The SMILES string of the molecule is O=C(O)CC(CNC(=O)C(NC(=O)OCC1c2ccccc2-c2ccccc21)C1CCC1)C1CC1. The number of amides is 2. The molecule has 0 heterocycles. The van der Waals surface area contributed by atoms with Crippen LogP contribution in [0.15, 0.2) is 48.5 Å². The largest absolute Gasteiger partial charge is 0.481 e.